The van der Waals surface area contributed by atoms with Crippen molar-refractivity contribution in [3.8, 4) is 11.1 Å². The topological polar surface area (TPSA) is 67.3 Å². The first-order valence-corrected chi connectivity index (χ1v) is 14.2. The van der Waals surface area contributed by atoms with Gasteiger partial charge in [-0.2, -0.15) is 0 Å². The molecule has 0 radical (unpaired) electrons. The average molecular weight is 523 g/mol. The van der Waals surface area contributed by atoms with E-state index in [1.54, 1.807) is 0 Å². The van der Waals surface area contributed by atoms with Gasteiger partial charge in [-0.15, -0.1) is 11.3 Å². The van der Waals surface area contributed by atoms with Crippen LogP contribution in [0.5, 0.6) is 0 Å². The lowest BCUT2D eigenvalue weighted by Crippen LogP contribution is -2.32. The van der Waals surface area contributed by atoms with E-state index >= 15 is 0 Å². The number of aromatic nitrogens is 1. The molecule has 7 rings (SSSR count). The molecule has 1 aliphatic heterocycles. The molecule has 0 unspecified atom stereocenters. The van der Waals surface area contributed by atoms with Gasteiger partial charge in [0.05, 0.1) is 33.5 Å². The zero-order valence-electron chi connectivity index (χ0n) is 19.7. The Bertz CT molecular complexity index is 1560. The summed E-state index contributed by atoms with van der Waals surface area (Å²) in [5.74, 6) is 0.157. The highest BCUT2D eigenvalue weighted by Gasteiger charge is 2.59. The standard InChI is InChI=1S/C30H22N2O3S2/c33-24(19-8-6-18(7-9-19)17-4-2-1-3-5-17)16-36-30-31-23-13-12-22(15-25(23)37-30)32-28(34)26-20-10-11-21(14-20)27(26)29(32)35/h1-13,15,20-21,26-27H,14,16H2/t20-,21-,26+,27+/m0/s1. The summed E-state index contributed by atoms with van der Waals surface area (Å²) in [6.07, 6.45) is 5.13. The number of fused-ring (bicyclic) bond motifs is 6. The van der Waals surface area contributed by atoms with Gasteiger partial charge in [0, 0.05) is 5.56 Å². The van der Waals surface area contributed by atoms with Crippen molar-refractivity contribution >= 4 is 56.6 Å². The first-order valence-electron chi connectivity index (χ1n) is 12.3. The van der Waals surface area contributed by atoms with Gasteiger partial charge in [0.15, 0.2) is 10.1 Å². The second-order valence-corrected chi connectivity index (χ2v) is 12.1. The van der Waals surface area contributed by atoms with Crippen LogP contribution in [0.1, 0.15) is 16.8 Å². The molecule has 0 spiro atoms. The Hall–Kier alpha value is -3.55. The summed E-state index contributed by atoms with van der Waals surface area (Å²) in [6, 6.07) is 23.3. The number of anilines is 1. The number of amides is 2. The van der Waals surface area contributed by atoms with Crippen molar-refractivity contribution in [2.24, 2.45) is 23.7 Å². The van der Waals surface area contributed by atoms with Gasteiger partial charge in [0.2, 0.25) is 11.8 Å². The predicted molar refractivity (Wildman–Crippen MR) is 147 cm³/mol. The van der Waals surface area contributed by atoms with Gasteiger partial charge in [-0.3, -0.25) is 14.4 Å². The van der Waals surface area contributed by atoms with Crippen LogP contribution in [0.2, 0.25) is 0 Å². The number of ketones is 1. The summed E-state index contributed by atoms with van der Waals surface area (Å²) < 4.78 is 1.69. The van der Waals surface area contributed by atoms with Crippen molar-refractivity contribution in [3.05, 3.63) is 90.5 Å². The van der Waals surface area contributed by atoms with Gasteiger partial charge < -0.3 is 0 Å². The highest BCUT2D eigenvalue weighted by molar-refractivity contribution is 8.01. The van der Waals surface area contributed by atoms with Gasteiger partial charge >= 0.3 is 0 Å². The van der Waals surface area contributed by atoms with E-state index in [4.69, 9.17) is 0 Å². The number of thioether (sulfide) groups is 1. The Balaban J connectivity index is 1.05. The Morgan fingerprint density at radius 1 is 0.892 bits per heavy atom. The number of carbonyl (C=O) groups excluding carboxylic acids is 3. The Kier molecular flexibility index (Phi) is 5.37. The van der Waals surface area contributed by atoms with E-state index in [9.17, 15) is 14.4 Å². The molecule has 37 heavy (non-hydrogen) atoms. The molecule has 1 saturated carbocycles. The van der Waals surface area contributed by atoms with E-state index in [1.807, 2.05) is 72.8 Å². The number of Topliss-reactive ketones (excluding diaryl/α,β-unsaturated/α-hetero) is 1. The number of imide groups is 1. The molecule has 0 N–H and O–H groups in total. The molecular weight excluding hydrogens is 500 g/mol. The molecule has 2 bridgehead atoms. The van der Waals surface area contributed by atoms with Crippen LogP contribution in [0.4, 0.5) is 5.69 Å². The second-order valence-electron chi connectivity index (χ2n) is 9.80. The quantitative estimate of drug-likeness (QED) is 0.130. The fourth-order valence-corrected chi connectivity index (χ4v) is 7.94. The van der Waals surface area contributed by atoms with E-state index in [0.717, 1.165) is 32.1 Å². The molecule has 1 saturated heterocycles. The predicted octanol–water partition coefficient (Wildman–Crippen LogP) is 6.25. The maximum absolute atomic E-state index is 13.2. The first kappa shape index (κ1) is 22.6. The average Bonchev–Trinajstić information content (AvgIpc) is 3.70. The molecule has 2 fully saturated rings. The van der Waals surface area contributed by atoms with Gasteiger partial charge in [-0.05, 0) is 47.6 Å². The smallest absolute Gasteiger partial charge is 0.238 e. The molecule has 2 heterocycles. The molecule has 4 atom stereocenters. The van der Waals surface area contributed by atoms with Crippen LogP contribution in [-0.4, -0.2) is 28.3 Å². The zero-order chi connectivity index (χ0) is 25.1. The van der Waals surface area contributed by atoms with Crippen molar-refractivity contribution in [3.63, 3.8) is 0 Å². The largest absolute Gasteiger partial charge is 0.293 e. The number of carbonyl (C=O) groups is 3. The maximum atomic E-state index is 13.2. The molecule has 5 nitrogen and oxygen atoms in total. The number of hydrogen-bond donors (Lipinski definition) is 0. The normalized spacial score (nSPS) is 23.8. The van der Waals surface area contributed by atoms with Crippen LogP contribution in [0, 0.1) is 23.7 Å². The number of rotatable bonds is 6. The number of allylic oxidation sites excluding steroid dienone is 2. The first-order chi connectivity index (χ1) is 18.1. The third-order valence-electron chi connectivity index (χ3n) is 7.72. The summed E-state index contributed by atoms with van der Waals surface area (Å²) in [6.45, 7) is 0. The molecule has 1 aromatic heterocycles. The minimum atomic E-state index is -0.210. The summed E-state index contributed by atoms with van der Waals surface area (Å²) in [7, 11) is 0. The van der Waals surface area contributed by atoms with Crippen molar-refractivity contribution in [2.45, 2.75) is 10.8 Å². The summed E-state index contributed by atoms with van der Waals surface area (Å²) in [4.78, 5) is 45.2. The minimum absolute atomic E-state index is 0.0487. The van der Waals surface area contributed by atoms with Crippen LogP contribution in [0.3, 0.4) is 0 Å². The molecule has 7 heteroatoms. The van der Waals surface area contributed by atoms with Crippen molar-refractivity contribution in [1.82, 2.24) is 4.98 Å². The fraction of sp³-hybridized carbons (Fsp3) is 0.200. The zero-order valence-corrected chi connectivity index (χ0v) is 21.4. The Labute approximate surface area is 222 Å². The van der Waals surface area contributed by atoms with Crippen LogP contribution in [0.25, 0.3) is 21.3 Å². The van der Waals surface area contributed by atoms with Gasteiger partial charge in [-0.1, -0.05) is 78.5 Å². The van der Waals surface area contributed by atoms with Crippen LogP contribution >= 0.6 is 23.1 Å². The summed E-state index contributed by atoms with van der Waals surface area (Å²) in [5.41, 5.74) is 4.29. The molecule has 3 aliphatic rings. The Morgan fingerprint density at radius 3 is 2.27 bits per heavy atom. The highest BCUT2D eigenvalue weighted by Crippen LogP contribution is 2.53. The lowest BCUT2D eigenvalue weighted by Gasteiger charge is -2.17. The Morgan fingerprint density at radius 2 is 1.57 bits per heavy atom. The van der Waals surface area contributed by atoms with E-state index in [2.05, 4.69) is 17.1 Å². The molecule has 2 aliphatic carbocycles. The van der Waals surface area contributed by atoms with E-state index in [-0.39, 0.29) is 41.3 Å². The van der Waals surface area contributed by atoms with Gasteiger partial charge in [-0.25, -0.2) is 9.88 Å². The van der Waals surface area contributed by atoms with Crippen LogP contribution < -0.4 is 4.90 Å². The van der Waals surface area contributed by atoms with Crippen LogP contribution in [-0.2, 0) is 9.59 Å². The van der Waals surface area contributed by atoms with E-state index in [1.165, 1.54) is 28.0 Å². The monoisotopic (exact) mass is 522 g/mol. The third kappa shape index (κ3) is 3.76. The second kappa shape index (κ2) is 8.78. The maximum Gasteiger partial charge on any atom is 0.238 e. The minimum Gasteiger partial charge on any atom is -0.293 e. The van der Waals surface area contributed by atoms with Gasteiger partial charge in [0.1, 0.15) is 0 Å². The highest BCUT2D eigenvalue weighted by atomic mass is 32.2. The number of benzene rings is 3. The third-order valence-corrected chi connectivity index (χ3v) is 9.88. The lowest BCUT2D eigenvalue weighted by atomic mass is 9.85. The number of nitrogens with zero attached hydrogens (tertiary/aromatic N) is 2. The van der Waals surface area contributed by atoms with Crippen LogP contribution in [0.15, 0.2) is 89.3 Å². The number of thiazole rings is 1. The summed E-state index contributed by atoms with van der Waals surface area (Å²) >= 11 is 2.90. The van der Waals surface area contributed by atoms with Crippen molar-refractivity contribution < 1.29 is 14.4 Å². The molecule has 4 aromatic rings. The van der Waals surface area contributed by atoms with E-state index in [0.29, 0.717) is 17.0 Å². The SMILES string of the molecule is O=C(CSc1nc2ccc(N3C(=O)[C@H]4[C@H](C3=O)[C@H]3C=C[C@H]4C3)cc2s1)c1ccc(-c2ccccc2)cc1. The summed E-state index contributed by atoms with van der Waals surface area (Å²) in [5, 5.41) is 0. The molecule has 182 valence electrons. The fourth-order valence-electron chi connectivity index (χ4n) is 5.94. The molecular formula is C30H22N2O3S2. The van der Waals surface area contributed by atoms with Crippen molar-refractivity contribution in [1.29, 1.82) is 0 Å². The number of hydrogen-bond acceptors (Lipinski definition) is 6. The lowest BCUT2D eigenvalue weighted by molar-refractivity contribution is -0.123. The molecule has 3 aromatic carbocycles. The van der Waals surface area contributed by atoms with Crippen molar-refractivity contribution in [2.75, 3.05) is 10.7 Å². The van der Waals surface area contributed by atoms with Gasteiger partial charge in [0.25, 0.3) is 0 Å². The molecule has 2 amide bonds. The van der Waals surface area contributed by atoms with E-state index < -0.39 is 0 Å².